The Bertz CT molecular complexity index is 656. The third-order valence-electron chi connectivity index (χ3n) is 4.12. The minimum absolute atomic E-state index is 0.00257. The maximum absolute atomic E-state index is 12.1. The molecule has 4 heteroatoms. The van der Waals surface area contributed by atoms with Gasteiger partial charge in [0.05, 0.1) is 0 Å². The Hall–Kier alpha value is -2.20. The number of aromatic nitrogens is 1. The van der Waals surface area contributed by atoms with Gasteiger partial charge in [-0.2, -0.15) is 4.73 Å². The molecule has 2 atom stereocenters. The number of nitrogens with zero attached hydrogens (tertiary/aromatic N) is 1. The van der Waals surface area contributed by atoms with Gasteiger partial charge in [0.15, 0.2) is 11.8 Å². The largest absolute Gasteiger partial charge is 0.618 e. The number of carbonyl (C=O) groups is 1. The van der Waals surface area contributed by atoms with E-state index in [1.165, 1.54) is 6.20 Å². The van der Waals surface area contributed by atoms with Gasteiger partial charge in [-0.25, -0.2) is 0 Å². The number of aliphatic hydroxyl groups is 1. The number of Topliss-reactive ketones (excluding diaryl/α,β-unsaturated/α-hetero) is 1. The molecule has 1 saturated carbocycles. The van der Waals surface area contributed by atoms with Gasteiger partial charge < -0.3 is 10.3 Å². The topological polar surface area (TPSA) is 64.2 Å². The van der Waals surface area contributed by atoms with Crippen molar-refractivity contribution in [3.63, 3.8) is 0 Å². The summed E-state index contributed by atoms with van der Waals surface area (Å²) in [5, 5.41) is 22.8. The molecule has 1 heterocycles. The second-order valence-corrected chi connectivity index (χ2v) is 5.67. The third kappa shape index (κ3) is 2.67. The molecule has 0 spiro atoms. The predicted molar refractivity (Wildman–Crippen MR) is 77.3 cm³/mol. The molecule has 0 amide bonds. The van der Waals surface area contributed by atoms with Crippen molar-refractivity contribution in [2.75, 3.05) is 0 Å². The van der Waals surface area contributed by atoms with Crippen molar-refractivity contribution in [2.45, 2.75) is 30.8 Å². The number of rotatable bonds is 2. The Balaban J connectivity index is 1.96. The molecule has 1 aliphatic carbocycles. The monoisotopic (exact) mass is 283 g/mol. The normalized spacial score (nSPS) is 25.8. The highest BCUT2D eigenvalue weighted by Crippen LogP contribution is 2.41. The van der Waals surface area contributed by atoms with E-state index in [0.717, 1.165) is 5.56 Å². The van der Waals surface area contributed by atoms with E-state index in [4.69, 9.17) is 0 Å². The van der Waals surface area contributed by atoms with Crippen LogP contribution in [0.3, 0.4) is 0 Å². The highest BCUT2D eigenvalue weighted by Gasteiger charge is 2.45. The lowest BCUT2D eigenvalue weighted by Gasteiger charge is -2.34. The minimum atomic E-state index is -1.39. The molecule has 1 aromatic heterocycles. The summed E-state index contributed by atoms with van der Waals surface area (Å²) in [6, 6.07) is 14.6. The van der Waals surface area contributed by atoms with Crippen LogP contribution < -0.4 is 4.73 Å². The average molecular weight is 283 g/mol. The highest BCUT2D eigenvalue weighted by molar-refractivity contribution is 5.81. The zero-order chi connectivity index (χ0) is 14.9. The fourth-order valence-electron chi connectivity index (χ4n) is 3.17. The molecule has 2 aromatic rings. The lowest BCUT2D eigenvalue weighted by atomic mass is 9.73. The van der Waals surface area contributed by atoms with Crippen molar-refractivity contribution in [3.05, 3.63) is 71.2 Å². The van der Waals surface area contributed by atoms with E-state index >= 15 is 0 Å². The van der Waals surface area contributed by atoms with Gasteiger partial charge in [-0.05, 0) is 24.0 Å². The highest BCUT2D eigenvalue weighted by atomic mass is 16.5. The van der Waals surface area contributed by atoms with Crippen LogP contribution in [0.15, 0.2) is 54.7 Å². The van der Waals surface area contributed by atoms with Crippen LogP contribution in [-0.4, -0.2) is 10.9 Å². The molecule has 108 valence electrons. The van der Waals surface area contributed by atoms with Crippen LogP contribution in [0.25, 0.3) is 0 Å². The quantitative estimate of drug-likeness (QED) is 0.677. The Labute approximate surface area is 123 Å². The van der Waals surface area contributed by atoms with Gasteiger partial charge in [-0.1, -0.05) is 30.3 Å². The van der Waals surface area contributed by atoms with E-state index in [1.807, 2.05) is 30.3 Å². The predicted octanol–water partition coefficient (Wildman–Crippen LogP) is 2.04. The molecule has 1 N–H and O–H groups in total. The molecule has 3 rings (SSSR count). The molecule has 0 aliphatic heterocycles. The van der Waals surface area contributed by atoms with Crippen LogP contribution in [0.2, 0.25) is 0 Å². The van der Waals surface area contributed by atoms with Gasteiger partial charge in [0.2, 0.25) is 5.69 Å². The van der Waals surface area contributed by atoms with E-state index in [-0.39, 0.29) is 23.8 Å². The second-order valence-electron chi connectivity index (χ2n) is 5.67. The maximum Gasteiger partial charge on any atom is 0.224 e. The van der Waals surface area contributed by atoms with Crippen molar-refractivity contribution >= 4 is 5.78 Å². The lowest BCUT2D eigenvalue weighted by molar-refractivity contribution is -0.623. The molecule has 0 radical (unpaired) electrons. The van der Waals surface area contributed by atoms with Gasteiger partial charge >= 0.3 is 0 Å². The molecule has 0 bridgehead atoms. The molecule has 0 unspecified atom stereocenters. The number of ketones is 1. The Morgan fingerprint density at radius 1 is 1.14 bits per heavy atom. The van der Waals surface area contributed by atoms with E-state index in [2.05, 4.69) is 0 Å². The molecule has 1 aliphatic rings. The molecular formula is C17H17NO3. The SMILES string of the molecule is O=C1C[C@H](c2ccccc2)C[C@](O)(c2cccc[n+]2[O-])C1. The van der Waals surface area contributed by atoms with Gasteiger partial charge in [0, 0.05) is 25.0 Å². The molecule has 0 saturated heterocycles. The van der Waals surface area contributed by atoms with E-state index in [1.54, 1.807) is 18.2 Å². The Morgan fingerprint density at radius 3 is 2.57 bits per heavy atom. The Morgan fingerprint density at radius 2 is 1.86 bits per heavy atom. The first-order valence-electron chi connectivity index (χ1n) is 7.06. The summed E-state index contributed by atoms with van der Waals surface area (Å²) in [7, 11) is 0. The number of benzene rings is 1. The molecule has 1 aromatic carbocycles. The van der Waals surface area contributed by atoms with E-state index in [0.29, 0.717) is 17.6 Å². The number of hydrogen-bond donors (Lipinski definition) is 1. The number of hydrogen-bond acceptors (Lipinski definition) is 3. The summed E-state index contributed by atoms with van der Waals surface area (Å²) in [6.45, 7) is 0. The van der Waals surface area contributed by atoms with Crippen molar-refractivity contribution in [3.8, 4) is 0 Å². The number of carbonyl (C=O) groups excluding carboxylic acids is 1. The lowest BCUT2D eigenvalue weighted by Crippen LogP contribution is -2.46. The summed E-state index contributed by atoms with van der Waals surface area (Å²) in [4.78, 5) is 12.1. The summed E-state index contributed by atoms with van der Waals surface area (Å²) >= 11 is 0. The fourth-order valence-corrected chi connectivity index (χ4v) is 3.17. The van der Waals surface area contributed by atoms with Crippen LogP contribution >= 0.6 is 0 Å². The first kappa shape index (κ1) is 13.8. The molecule has 4 nitrogen and oxygen atoms in total. The maximum atomic E-state index is 12.1. The zero-order valence-corrected chi connectivity index (χ0v) is 11.6. The van der Waals surface area contributed by atoms with Crippen LogP contribution in [0.5, 0.6) is 0 Å². The first-order valence-corrected chi connectivity index (χ1v) is 7.06. The summed E-state index contributed by atoms with van der Waals surface area (Å²) in [6.07, 6.45) is 2.15. The average Bonchev–Trinajstić information content (AvgIpc) is 2.47. The zero-order valence-electron chi connectivity index (χ0n) is 11.6. The fraction of sp³-hybridized carbons (Fsp3) is 0.294. The van der Waals surface area contributed by atoms with Gasteiger partial charge in [0.1, 0.15) is 5.78 Å². The summed E-state index contributed by atoms with van der Waals surface area (Å²) in [5.74, 6) is -0.0703. The van der Waals surface area contributed by atoms with E-state index in [9.17, 15) is 15.1 Å². The van der Waals surface area contributed by atoms with Crippen LogP contribution in [0, 0.1) is 5.21 Å². The summed E-state index contributed by atoms with van der Waals surface area (Å²) in [5.41, 5.74) is -0.116. The van der Waals surface area contributed by atoms with Crippen LogP contribution in [-0.2, 0) is 10.4 Å². The van der Waals surface area contributed by atoms with Crippen molar-refractivity contribution < 1.29 is 14.6 Å². The van der Waals surface area contributed by atoms with E-state index < -0.39 is 5.60 Å². The van der Waals surface area contributed by atoms with Gasteiger partial charge in [-0.15, -0.1) is 0 Å². The molecular weight excluding hydrogens is 266 g/mol. The van der Waals surface area contributed by atoms with Gasteiger partial charge in [-0.3, -0.25) is 4.79 Å². The number of pyridine rings is 1. The van der Waals surface area contributed by atoms with Crippen LogP contribution in [0.1, 0.15) is 36.4 Å². The molecule has 21 heavy (non-hydrogen) atoms. The van der Waals surface area contributed by atoms with Crippen molar-refractivity contribution in [1.82, 2.24) is 0 Å². The van der Waals surface area contributed by atoms with Gasteiger partial charge in [0.25, 0.3) is 0 Å². The second kappa shape index (κ2) is 5.30. The van der Waals surface area contributed by atoms with Crippen molar-refractivity contribution in [2.24, 2.45) is 0 Å². The summed E-state index contributed by atoms with van der Waals surface area (Å²) < 4.78 is 0.653. The Kier molecular flexibility index (Phi) is 3.47. The standard InChI is InChI=1S/C17H17NO3/c19-15-10-14(13-6-2-1-3-7-13)11-17(20,12-15)16-8-4-5-9-18(16)21/h1-9,14,20H,10-12H2/t14-,17+/m0/s1. The minimum Gasteiger partial charge on any atom is -0.618 e. The smallest absolute Gasteiger partial charge is 0.224 e. The first-order chi connectivity index (χ1) is 10.1. The third-order valence-corrected chi connectivity index (χ3v) is 4.12. The molecule has 1 fully saturated rings. The van der Waals surface area contributed by atoms with Crippen LogP contribution in [0.4, 0.5) is 0 Å². The van der Waals surface area contributed by atoms with Crippen molar-refractivity contribution in [1.29, 1.82) is 0 Å².